The Labute approximate surface area is 114 Å². The van der Waals surface area contributed by atoms with Crippen LogP contribution < -0.4 is 0 Å². The monoisotopic (exact) mass is 305 g/mol. The van der Waals surface area contributed by atoms with Crippen LogP contribution in [0.2, 0.25) is 5.02 Å². The molecule has 0 spiro atoms. The molecule has 0 saturated carbocycles. The van der Waals surface area contributed by atoms with Gasteiger partial charge in [0.2, 0.25) is 0 Å². The van der Waals surface area contributed by atoms with E-state index in [9.17, 15) is 8.42 Å². The SMILES string of the molecule is CC(Cc1nc2cc(Cl)ccc2s1)CS(=O)(=O)O. The quantitative estimate of drug-likeness (QED) is 0.882. The van der Waals surface area contributed by atoms with Gasteiger partial charge in [-0.15, -0.1) is 11.3 Å². The van der Waals surface area contributed by atoms with Crippen LogP contribution in [-0.4, -0.2) is 23.7 Å². The second-order valence-electron chi connectivity index (χ2n) is 4.28. The molecule has 1 atom stereocenters. The third-order valence-electron chi connectivity index (χ3n) is 2.41. The van der Waals surface area contributed by atoms with E-state index in [1.807, 2.05) is 6.07 Å². The topological polar surface area (TPSA) is 67.3 Å². The molecule has 1 heterocycles. The summed E-state index contributed by atoms with van der Waals surface area (Å²) in [6, 6.07) is 5.48. The number of rotatable bonds is 4. The van der Waals surface area contributed by atoms with Gasteiger partial charge in [-0.25, -0.2) is 4.98 Å². The highest BCUT2D eigenvalue weighted by atomic mass is 35.5. The summed E-state index contributed by atoms with van der Waals surface area (Å²) in [5, 5.41) is 1.48. The zero-order chi connectivity index (χ0) is 13.3. The van der Waals surface area contributed by atoms with E-state index in [2.05, 4.69) is 4.98 Å². The molecule has 1 N–H and O–H groups in total. The van der Waals surface area contributed by atoms with E-state index >= 15 is 0 Å². The number of fused-ring (bicyclic) bond motifs is 1. The minimum absolute atomic E-state index is 0.170. The lowest BCUT2D eigenvalue weighted by Crippen LogP contribution is -2.14. The fourth-order valence-corrected chi connectivity index (χ4v) is 3.87. The summed E-state index contributed by atoms with van der Waals surface area (Å²) in [6.07, 6.45) is 0.525. The molecule has 0 radical (unpaired) electrons. The van der Waals surface area contributed by atoms with E-state index in [0.29, 0.717) is 11.4 Å². The lowest BCUT2D eigenvalue weighted by molar-refractivity contribution is 0.469. The van der Waals surface area contributed by atoms with Crippen molar-refractivity contribution < 1.29 is 13.0 Å². The van der Waals surface area contributed by atoms with Gasteiger partial charge in [-0.05, 0) is 24.1 Å². The van der Waals surface area contributed by atoms with Crippen LogP contribution in [0.4, 0.5) is 0 Å². The Balaban J connectivity index is 2.17. The van der Waals surface area contributed by atoms with Gasteiger partial charge in [-0.2, -0.15) is 8.42 Å². The molecule has 0 fully saturated rings. The number of benzene rings is 1. The number of halogens is 1. The van der Waals surface area contributed by atoms with Gasteiger partial charge < -0.3 is 0 Å². The van der Waals surface area contributed by atoms with E-state index < -0.39 is 10.1 Å². The van der Waals surface area contributed by atoms with Gasteiger partial charge in [0, 0.05) is 11.4 Å². The van der Waals surface area contributed by atoms with Gasteiger partial charge >= 0.3 is 0 Å². The fraction of sp³-hybridized carbons (Fsp3) is 0.364. The van der Waals surface area contributed by atoms with Gasteiger partial charge in [0.1, 0.15) is 0 Å². The van der Waals surface area contributed by atoms with Gasteiger partial charge in [-0.3, -0.25) is 4.55 Å². The molecular weight excluding hydrogens is 294 g/mol. The van der Waals surface area contributed by atoms with E-state index in [4.69, 9.17) is 16.2 Å². The Hall–Kier alpha value is -0.690. The van der Waals surface area contributed by atoms with Gasteiger partial charge in [-0.1, -0.05) is 18.5 Å². The molecule has 0 saturated heterocycles. The number of aromatic nitrogens is 1. The molecule has 1 aromatic carbocycles. The van der Waals surface area contributed by atoms with Crippen LogP contribution in [0.1, 0.15) is 11.9 Å². The van der Waals surface area contributed by atoms with Crippen LogP contribution in [0.3, 0.4) is 0 Å². The second kappa shape index (κ2) is 5.13. The lowest BCUT2D eigenvalue weighted by atomic mass is 10.1. The Bertz CT molecular complexity index is 666. The molecule has 0 aliphatic rings. The Kier molecular flexibility index (Phi) is 3.91. The first-order valence-electron chi connectivity index (χ1n) is 5.33. The van der Waals surface area contributed by atoms with E-state index in [-0.39, 0.29) is 11.7 Å². The highest BCUT2D eigenvalue weighted by Crippen LogP contribution is 2.26. The van der Waals surface area contributed by atoms with Crippen molar-refractivity contribution in [3.05, 3.63) is 28.2 Å². The summed E-state index contributed by atoms with van der Waals surface area (Å²) in [7, 11) is -3.92. The smallest absolute Gasteiger partial charge is 0.265 e. The number of hydrogen-bond acceptors (Lipinski definition) is 4. The maximum atomic E-state index is 10.8. The van der Waals surface area contributed by atoms with Crippen molar-refractivity contribution in [1.82, 2.24) is 4.98 Å². The standard InChI is InChI=1S/C11H12ClNO3S2/c1-7(6-18(14,15)16)4-11-13-9-5-8(12)2-3-10(9)17-11/h2-3,5,7H,4,6H2,1H3,(H,14,15,16). The first kappa shape index (κ1) is 13.7. The second-order valence-corrected chi connectivity index (χ2v) is 7.33. The highest BCUT2D eigenvalue weighted by molar-refractivity contribution is 7.85. The number of thiazole rings is 1. The molecule has 2 rings (SSSR count). The Morgan fingerprint density at radius 1 is 1.50 bits per heavy atom. The number of hydrogen-bond donors (Lipinski definition) is 1. The van der Waals surface area contributed by atoms with E-state index in [0.717, 1.165) is 15.2 Å². The summed E-state index contributed by atoms with van der Waals surface area (Å²) in [6.45, 7) is 1.77. The largest absolute Gasteiger partial charge is 0.286 e. The summed E-state index contributed by atoms with van der Waals surface area (Å²) in [5.41, 5.74) is 0.821. The summed E-state index contributed by atoms with van der Waals surface area (Å²) in [4.78, 5) is 4.40. The number of nitrogens with zero attached hydrogens (tertiary/aromatic N) is 1. The predicted octanol–water partition coefficient (Wildman–Crippen LogP) is 3.02. The maximum Gasteiger partial charge on any atom is 0.265 e. The molecule has 18 heavy (non-hydrogen) atoms. The van der Waals surface area contributed by atoms with Crippen LogP contribution in [0.5, 0.6) is 0 Å². The lowest BCUT2D eigenvalue weighted by Gasteiger charge is -2.05. The van der Waals surface area contributed by atoms with E-state index in [1.54, 1.807) is 19.1 Å². The molecule has 0 aliphatic heterocycles. The third kappa shape index (κ3) is 3.65. The highest BCUT2D eigenvalue weighted by Gasteiger charge is 2.15. The van der Waals surface area contributed by atoms with Gasteiger partial charge in [0.15, 0.2) is 0 Å². The van der Waals surface area contributed by atoms with Crippen molar-refractivity contribution in [1.29, 1.82) is 0 Å². The van der Waals surface area contributed by atoms with Crippen LogP contribution in [0.15, 0.2) is 18.2 Å². The van der Waals surface area contributed by atoms with Crippen molar-refractivity contribution in [2.24, 2.45) is 5.92 Å². The molecule has 0 aliphatic carbocycles. The zero-order valence-corrected chi connectivity index (χ0v) is 12.0. The molecule has 1 aromatic heterocycles. The van der Waals surface area contributed by atoms with Crippen molar-refractivity contribution in [3.8, 4) is 0 Å². The summed E-state index contributed by atoms with van der Waals surface area (Å²) in [5.74, 6) is -0.417. The van der Waals surface area contributed by atoms with Crippen LogP contribution in [-0.2, 0) is 16.5 Å². The van der Waals surface area contributed by atoms with Crippen LogP contribution in [0, 0.1) is 5.92 Å². The normalized spacial score (nSPS) is 13.9. The van der Waals surface area contributed by atoms with Gasteiger partial charge in [0.05, 0.1) is 21.0 Å². The fourth-order valence-electron chi connectivity index (χ4n) is 1.75. The Morgan fingerprint density at radius 3 is 2.89 bits per heavy atom. The van der Waals surface area contributed by atoms with Crippen molar-refractivity contribution >= 4 is 43.3 Å². The average molecular weight is 306 g/mol. The molecule has 2 aromatic rings. The zero-order valence-electron chi connectivity index (χ0n) is 9.63. The first-order valence-corrected chi connectivity index (χ1v) is 8.14. The molecule has 4 nitrogen and oxygen atoms in total. The molecule has 1 unspecified atom stereocenters. The minimum atomic E-state index is -3.92. The predicted molar refractivity (Wildman–Crippen MR) is 73.9 cm³/mol. The minimum Gasteiger partial charge on any atom is -0.286 e. The summed E-state index contributed by atoms with van der Waals surface area (Å²) >= 11 is 7.39. The Morgan fingerprint density at radius 2 is 2.22 bits per heavy atom. The van der Waals surface area contributed by atoms with E-state index in [1.165, 1.54) is 11.3 Å². The summed E-state index contributed by atoms with van der Waals surface area (Å²) < 4.78 is 31.3. The molecule has 98 valence electrons. The maximum absolute atomic E-state index is 10.8. The van der Waals surface area contributed by atoms with Crippen molar-refractivity contribution in [2.75, 3.05) is 5.75 Å². The molecule has 0 bridgehead atoms. The van der Waals surface area contributed by atoms with Crippen LogP contribution >= 0.6 is 22.9 Å². The first-order chi connectivity index (χ1) is 8.33. The van der Waals surface area contributed by atoms with Gasteiger partial charge in [0.25, 0.3) is 10.1 Å². The molecular formula is C11H12ClNO3S2. The third-order valence-corrected chi connectivity index (χ3v) is 4.70. The van der Waals surface area contributed by atoms with Crippen LogP contribution in [0.25, 0.3) is 10.2 Å². The van der Waals surface area contributed by atoms with Crippen molar-refractivity contribution in [3.63, 3.8) is 0 Å². The molecule has 0 amide bonds. The van der Waals surface area contributed by atoms with Crippen molar-refractivity contribution in [2.45, 2.75) is 13.3 Å². The molecule has 7 heteroatoms. The average Bonchev–Trinajstić information content (AvgIpc) is 2.55.